The average molecular weight is 248 g/mol. The van der Waals surface area contributed by atoms with Crippen LogP contribution in [0.5, 0.6) is 0 Å². The summed E-state index contributed by atoms with van der Waals surface area (Å²) in [5.41, 5.74) is 0.529. The van der Waals surface area contributed by atoms with E-state index >= 15 is 0 Å². The van der Waals surface area contributed by atoms with Crippen molar-refractivity contribution in [1.82, 2.24) is 0 Å². The molecular weight excluding hydrogens is 224 g/mol. The first-order chi connectivity index (χ1) is 8.29. The fourth-order valence-electron chi connectivity index (χ4n) is 2.34. The molecule has 0 bridgehead atoms. The maximum absolute atomic E-state index is 5.97. The minimum Gasteiger partial charge on any atom is -0.342 e. The van der Waals surface area contributed by atoms with Crippen LogP contribution in [0.1, 0.15) is 34.1 Å². The van der Waals surface area contributed by atoms with E-state index in [-0.39, 0.29) is 17.5 Å². The van der Waals surface area contributed by atoms with Gasteiger partial charge in [0.05, 0.1) is 11.2 Å². The van der Waals surface area contributed by atoms with Gasteiger partial charge in [-0.05, 0) is 27.7 Å². The van der Waals surface area contributed by atoms with Crippen LogP contribution in [0.4, 0.5) is 0 Å². The Morgan fingerprint density at radius 3 is 2.06 bits per heavy atom. The maximum atomic E-state index is 5.97. The first-order valence-electron chi connectivity index (χ1n) is 6.27. The highest BCUT2D eigenvalue weighted by Gasteiger charge is 2.40. The van der Waals surface area contributed by atoms with Gasteiger partial charge in [0, 0.05) is 12.0 Å². The molecule has 0 radical (unpaired) electrons. The van der Waals surface area contributed by atoms with Gasteiger partial charge in [-0.3, -0.25) is 0 Å². The summed E-state index contributed by atoms with van der Waals surface area (Å²) in [5, 5.41) is 0. The molecule has 0 aromatic heterocycles. The smallest absolute Gasteiger partial charge is 0.185 e. The van der Waals surface area contributed by atoms with Crippen molar-refractivity contribution in [3.63, 3.8) is 0 Å². The Kier molecular flexibility index (Phi) is 4.71. The van der Waals surface area contributed by atoms with Gasteiger partial charge in [0.2, 0.25) is 0 Å². The van der Waals surface area contributed by atoms with E-state index < -0.39 is 0 Å². The molecule has 1 saturated heterocycles. The van der Waals surface area contributed by atoms with Gasteiger partial charge in [-0.2, -0.15) is 0 Å². The van der Waals surface area contributed by atoms with Crippen LogP contribution < -0.4 is 0 Å². The Hall–Kier alpha value is -1.12. The maximum Gasteiger partial charge on any atom is 0.185 e. The van der Waals surface area contributed by atoms with Crippen LogP contribution in [0.2, 0.25) is 0 Å². The fraction of sp³-hybridized carbons (Fsp3) is 0.500. The lowest BCUT2D eigenvalue weighted by molar-refractivity contribution is -0.282. The summed E-state index contributed by atoms with van der Waals surface area (Å²) < 4.78 is 11.9. The van der Waals surface area contributed by atoms with Crippen molar-refractivity contribution in [3.8, 4) is 0 Å². The summed E-state index contributed by atoms with van der Waals surface area (Å²) in [6, 6.07) is 0. The molecule has 2 heteroatoms. The molecule has 0 amide bonds. The Bertz CT molecular complexity index is 357. The molecule has 1 rings (SSSR count). The van der Waals surface area contributed by atoms with Gasteiger partial charge in [0.1, 0.15) is 0 Å². The third kappa shape index (κ3) is 4.28. The van der Waals surface area contributed by atoms with E-state index in [0.717, 1.165) is 12.0 Å². The lowest BCUT2D eigenvalue weighted by atomic mass is 9.90. The average Bonchev–Trinajstić information content (AvgIpc) is 2.20. The molecule has 2 nitrogen and oxygen atoms in total. The first kappa shape index (κ1) is 14.9. The second kappa shape index (κ2) is 5.68. The van der Waals surface area contributed by atoms with Crippen molar-refractivity contribution in [2.75, 3.05) is 0 Å². The normalized spacial score (nSPS) is 24.1. The van der Waals surface area contributed by atoms with E-state index in [1.54, 1.807) is 12.2 Å². The Morgan fingerprint density at radius 1 is 1.06 bits per heavy atom. The molecule has 0 unspecified atom stereocenters. The van der Waals surface area contributed by atoms with E-state index in [1.807, 2.05) is 18.2 Å². The SMILES string of the molecule is C=C/C=C\C=C(/C=C)C1OC(C)(C)CC(C)(C)O1. The summed E-state index contributed by atoms with van der Waals surface area (Å²) in [5.74, 6) is 0. The topological polar surface area (TPSA) is 18.5 Å². The second-order valence-electron chi connectivity index (χ2n) is 5.76. The molecule has 0 spiro atoms. The monoisotopic (exact) mass is 248 g/mol. The summed E-state index contributed by atoms with van der Waals surface area (Å²) in [6.07, 6.45) is 9.72. The van der Waals surface area contributed by atoms with Crippen LogP contribution in [0, 0.1) is 0 Å². The summed E-state index contributed by atoms with van der Waals surface area (Å²) in [7, 11) is 0. The number of hydrogen-bond acceptors (Lipinski definition) is 2. The summed E-state index contributed by atoms with van der Waals surface area (Å²) >= 11 is 0. The van der Waals surface area contributed by atoms with Gasteiger partial charge < -0.3 is 9.47 Å². The highest BCUT2D eigenvalue weighted by atomic mass is 16.7. The van der Waals surface area contributed by atoms with Crippen LogP contribution in [-0.4, -0.2) is 17.5 Å². The quantitative estimate of drug-likeness (QED) is 0.695. The van der Waals surface area contributed by atoms with E-state index in [1.165, 1.54) is 0 Å². The van der Waals surface area contributed by atoms with Crippen molar-refractivity contribution >= 4 is 0 Å². The van der Waals surface area contributed by atoms with Gasteiger partial charge in [0.15, 0.2) is 6.29 Å². The molecule has 0 atom stereocenters. The lowest BCUT2D eigenvalue weighted by Crippen LogP contribution is -2.49. The molecular formula is C16H24O2. The van der Waals surface area contributed by atoms with E-state index in [9.17, 15) is 0 Å². The third-order valence-corrected chi connectivity index (χ3v) is 2.75. The van der Waals surface area contributed by atoms with Crippen LogP contribution in [0.3, 0.4) is 0 Å². The molecule has 1 aliphatic rings. The predicted octanol–water partition coefficient (Wildman–Crippen LogP) is 4.16. The van der Waals surface area contributed by atoms with Gasteiger partial charge in [-0.1, -0.05) is 43.5 Å². The van der Waals surface area contributed by atoms with Crippen molar-refractivity contribution in [2.24, 2.45) is 0 Å². The Labute approximate surface area is 111 Å². The zero-order valence-electron chi connectivity index (χ0n) is 11.9. The third-order valence-electron chi connectivity index (χ3n) is 2.75. The molecule has 0 aromatic carbocycles. The largest absolute Gasteiger partial charge is 0.342 e. The molecule has 0 aliphatic carbocycles. The molecule has 0 N–H and O–H groups in total. The Morgan fingerprint density at radius 2 is 1.61 bits per heavy atom. The molecule has 100 valence electrons. The zero-order chi connectivity index (χ0) is 13.8. The molecule has 0 aromatic rings. The van der Waals surface area contributed by atoms with Crippen LogP contribution in [-0.2, 0) is 9.47 Å². The predicted molar refractivity (Wildman–Crippen MR) is 76.4 cm³/mol. The molecule has 1 aliphatic heterocycles. The van der Waals surface area contributed by atoms with Gasteiger partial charge in [-0.25, -0.2) is 0 Å². The van der Waals surface area contributed by atoms with Crippen molar-refractivity contribution in [1.29, 1.82) is 0 Å². The summed E-state index contributed by atoms with van der Waals surface area (Å²) in [6.45, 7) is 15.8. The minimum atomic E-state index is -0.365. The number of hydrogen-bond donors (Lipinski definition) is 0. The number of ether oxygens (including phenoxy) is 2. The van der Waals surface area contributed by atoms with Crippen LogP contribution in [0.25, 0.3) is 0 Å². The van der Waals surface area contributed by atoms with Gasteiger partial charge in [-0.15, -0.1) is 0 Å². The zero-order valence-corrected chi connectivity index (χ0v) is 11.9. The Balaban J connectivity index is 2.92. The fourth-order valence-corrected chi connectivity index (χ4v) is 2.34. The molecule has 1 heterocycles. The van der Waals surface area contributed by atoms with Crippen LogP contribution in [0.15, 0.2) is 49.1 Å². The highest BCUT2D eigenvalue weighted by Crippen LogP contribution is 2.36. The van der Waals surface area contributed by atoms with E-state index in [2.05, 4.69) is 40.9 Å². The lowest BCUT2D eigenvalue weighted by Gasteiger charge is -2.45. The highest BCUT2D eigenvalue weighted by molar-refractivity contribution is 5.26. The summed E-state index contributed by atoms with van der Waals surface area (Å²) in [4.78, 5) is 0. The molecule has 1 fully saturated rings. The van der Waals surface area contributed by atoms with E-state index in [0.29, 0.717) is 0 Å². The second-order valence-corrected chi connectivity index (χ2v) is 5.76. The molecule has 18 heavy (non-hydrogen) atoms. The minimum absolute atomic E-state index is 0.198. The van der Waals surface area contributed by atoms with Crippen LogP contribution >= 0.6 is 0 Å². The van der Waals surface area contributed by atoms with Crippen molar-refractivity contribution < 1.29 is 9.47 Å². The number of rotatable bonds is 4. The van der Waals surface area contributed by atoms with E-state index in [4.69, 9.17) is 9.47 Å². The van der Waals surface area contributed by atoms with Gasteiger partial charge in [0.25, 0.3) is 0 Å². The first-order valence-corrected chi connectivity index (χ1v) is 6.27. The van der Waals surface area contributed by atoms with Gasteiger partial charge >= 0.3 is 0 Å². The van der Waals surface area contributed by atoms with Crippen molar-refractivity contribution in [2.45, 2.75) is 51.6 Å². The standard InChI is InChI=1S/C16H24O2/c1-7-9-10-11-13(8-2)14-17-15(3,4)12-16(5,6)18-14/h7-11,14H,1-2,12H2,3-6H3/b10-9-,13-11+. The number of allylic oxidation sites excluding steroid dienone is 4. The van der Waals surface area contributed by atoms with Crippen molar-refractivity contribution in [3.05, 3.63) is 49.1 Å². The molecule has 0 saturated carbocycles.